The van der Waals surface area contributed by atoms with Crippen LogP contribution in [0.15, 0.2) is 77.9 Å². The van der Waals surface area contributed by atoms with Crippen molar-refractivity contribution in [1.29, 1.82) is 0 Å². The van der Waals surface area contributed by atoms with Gasteiger partial charge in [-0.05, 0) is 50.4 Å². The fraction of sp³-hybridized carbons (Fsp3) is 0.154. The average molecular weight is 408 g/mol. The van der Waals surface area contributed by atoms with E-state index in [0.29, 0.717) is 0 Å². The number of anilines is 1. The molecule has 0 unspecified atom stereocenters. The molecule has 0 atom stereocenters. The number of benzene rings is 3. The van der Waals surface area contributed by atoms with E-state index >= 15 is 0 Å². The fourth-order valence-corrected chi connectivity index (χ4v) is 4.33. The first-order valence-electron chi connectivity index (χ1n) is 10.6. The Morgan fingerprint density at radius 1 is 0.968 bits per heavy atom. The minimum absolute atomic E-state index is 0.753. The fourth-order valence-electron chi connectivity index (χ4n) is 4.33. The second-order valence-corrected chi connectivity index (χ2v) is 7.70. The van der Waals surface area contributed by atoms with Crippen molar-refractivity contribution in [3.63, 3.8) is 0 Å². The number of nitrogens with zero attached hydrogens (tertiary/aromatic N) is 4. The van der Waals surface area contributed by atoms with Gasteiger partial charge in [0.2, 0.25) is 5.95 Å². The highest BCUT2D eigenvalue weighted by Gasteiger charge is 2.12. The number of fused-ring (bicyclic) bond motifs is 2. The van der Waals surface area contributed by atoms with Gasteiger partial charge >= 0.3 is 0 Å². The molecule has 5 heteroatoms. The Morgan fingerprint density at radius 2 is 1.74 bits per heavy atom. The first-order valence-corrected chi connectivity index (χ1v) is 10.6. The summed E-state index contributed by atoms with van der Waals surface area (Å²) in [6.45, 7) is 7.21. The SMILES string of the molecule is CCn1c(N/N=C\c2cc(C)n(-c3cccc4ccccc34)c2C)nc2ccccc21. The second kappa shape index (κ2) is 7.76. The third-order valence-corrected chi connectivity index (χ3v) is 5.82. The Morgan fingerprint density at radius 3 is 2.61 bits per heavy atom. The van der Waals surface area contributed by atoms with E-state index in [0.717, 1.165) is 34.8 Å². The van der Waals surface area contributed by atoms with Gasteiger partial charge in [0, 0.05) is 28.9 Å². The lowest BCUT2D eigenvalue weighted by Crippen LogP contribution is -2.02. The van der Waals surface area contributed by atoms with Gasteiger partial charge in [-0.2, -0.15) is 5.10 Å². The molecular weight excluding hydrogens is 382 g/mol. The van der Waals surface area contributed by atoms with Crippen LogP contribution in [0.1, 0.15) is 23.9 Å². The highest BCUT2D eigenvalue weighted by Crippen LogP contribution is 2.27. The zero-order valence-electron chi connectivity index (χ0n) is 18.0. The molecule has 0 aliphatic rings. The van der Waals surface area contributed by atoms with Gasteiger partial charge in [0.05, 0.1) is 22.9 Å². The maximum Gasteiger partial charge on any atom is 0.224 e. The molecule has 154 valence electrons. The normalized spacial score (nSPS) is 11.7. The van der Waals surface area contributed by atoms with Crippen LogP contribution in [0.2, 0.25) is 0 Å². The van der Waals surface area contributed by atoms with E-state index in [2.05, 4.69) is 100 Å². The molecular formula is C26H25N5. The van der Waals surface area contributed by atoms with E-state index in [4.69, 9.17) is 0 Å². The zero-order valence-corrected chi connectivity index (χ0v) is 18.0. The number of nitrogens with one attached hydrogen (secondary N) is 1. The number of aromatic nitrogens is 3. The lowest BCUT2D eigenvalue weighted by atomic mass is 10.1. The number of hydrogen-bond donors (Lipinski definition) is 1. The van der Waals surface area contributed by atoms with E-state index in [1.165, 1.54) is 22.2 Å². The van der Waals surface area contributed by atoms with Crippen molar-refractivity contribution >= 4 is 34.0 Å². The molecule has 5 rings (SSSR count). The molecule has 0 saturated carbocycles. The Labute approximate surface area is 181 Å². The molecule has 0 spiro atoms. The molecule has 5 nitrogen and oxygen atoms in total. The summed E-state index contributed by atoms with van der Waals surface area (Å²) in [6, 6.07) is 25.2. The predicted octanol–water partition coefficient (Wildman–Crippen LogP) is 6.06. The van der Waals surface area contributed by atoms with E-state index < -0.39 is 0 Å². The van der Waals surface area contributed by atoms with Crippen LogP contribution in [0.4, 0.5) is 5.95 Å². The molecule has 0 fully saturated rings. The summed E-state index contributed by atoms with van der Waals surface area (Å²) in [7, 11) is 0. The van der Waals surface area contributed by atoms with Crippen LogP contribution in [-0.4, -0.2) is 20.3 Å². The number of para-hydroxylation sites is 2. The minimum Gasteiger partial charge on any atom is -0.317 e. The third kappa shape index (κ3) is 3.28. The Hall–Kier alpha value is -3.86. The Balaban J connectivity index is 1.48. The van der Waals surface area contributed by atoms with Crippen LogP contribution in [-0.2, 0) is 6.54 Å². The van der Waals surface area contributed by atoms with Crippen molar-refractivity contribution in [3.8, 4) is 5.69 Å². The first kappa shape index (κ1) is 19.1. The molecule has 5 aromatic rings. The van der Waals surface area contributed by atoms with Gasteiger partial charge in [-0.1, -0.05) is 48.5 Å². The molecule has 0 aliphatic carbocycles. The molecule has 0 bridgehead atoms. The van der Waals surface area contributed by atoms with E-state index in [1.54, 1.807) is 0 Å². The van der Waals surface area contributed by atoms with Gasteiger partial charge in [-0.25, -0.2) is 10.4 Å². The van der Waals surface area contributed by atoms with Gasteiger partial charge in [0.25, 0.3) is 0 Å². The molecule has 2 aromatic heterocycles. The third-order valence-electron chi connectivity index (χ3n) is 5.82. The Bertz CT molecular complexity index is 1420. The van der Waals surface area contributed by atoms with Crippen LogP contribution in [0, 0.1) is 13.8 Å². The van der Waals surface area contributed by atoms with Crippen molar-refractivity contribution in [1.82, 2.24) is 14.1 Å². The summed E-state index contributed by atoms with van der Waals surface area (Å²) >= 11 is 0. The zero-order chi connectivity index (χ0) is 21.4. The van der Waals surface area contributed by atoms with Gasteiger partial charge in [-0.15, -0.1) is 0 Å². The highest BCUT2D eigenvalue weighted by atomic mass is 15.4. The van der Waals surface area contributed by atoms with Crippen LogP contribution in [0.3, 0.4) is 0 Å². The first-order chi connectivity index (χ1) is 15.2. The van der Waals surface area contributed by atoms with Crippen molar-refractivity contribution in [2.75, 3.05) is 5.43 Å². The van der Waals surface area contributed by atoms with Crippen LogP contribution in [0.25, 0.3) is 27.5 Å². The molecule has 1 N–H and O–H groups in total. The summed E-state index contributed by atoms with van der Waals surface area (Å²) in [5.74, 6) is 0.753. The summed E-state index contributed by atoms with van der Waals surface area (Å²) in [5.41, 5.74) is 9.82. The Kier molecular flexibility index (Phi) is 4.79. The van der Waals surface area contributed by atoms with Crippen molar-refractivity contribution in [2.45, 2.75) is 27.3 Å². The maximum absolute atomic E-state index is 4.67. The quantitative estimate of drug-likeness (QED) is 0.284. The van der Waals surface area contributed by atoms with Crippen LogP contribution < -0.4 is 5.43 Å². The number of hydrogen-bond acceptors (Lipinski definition) is 3. The standard InChI is InChI=1S/C26H25N5/c1-4-30-25-14-8-7-13-23(25)28-26(30)29-27-17-21-16-18(2)31(19(21)3)24-15-9-11-20-10-5-6-12-22(20)24/h5-17H,4H2,1-3H3,(H,28,29)/b27-17-. The van der Waals surface area contributed by atoms with Gasteiger partial charge < -0.3 is 9.13 Å². The molecule has 3 aromatic carbocycles. The lowest BCUT2D eigenvalue weighted by Gasteiger charge is -2.13. The van der Waals surface area contributed by atoms with E-state index in [9.17, 15) is 0 Å². The smallest absolute Gasteiger partial charge is 0.224 e. The van der Waals surface area contributed by atoms with Crippen molar-refractivity contribution < 1.29 is 0 Å². The predicted molar refractivity (Wildman–Crippen MR) is 129 cm³/mol. The number of rotatable bonds is 5. The molecule has 31 heavy (non-hydrogen) atoms. The van der Waals surface area contributed by atoms with E-state index in [-0.39, 0.29) is 0 Å². The number of aryl methyl sites for hydroxylation is 2. The average Bonchev–Trinajstić information content (AvgIpc) is 3.29. The summed E-state index contributed by atoms with van der Waals surface area (Å²) < 4.78 is 4.43. The molecule has 2 heterocycles. The molecule has 0 aliphatic heterocycles. The monoisotopic (exact) mass is 407 g/mol. The van der Waals surface area contributed by atoms with Gasteiger partial charge in [0.15, 0.2) is 0 Å². The topological polar surface area (TPSA) is 47.1 Å². The van der Waals surface area contributed by atoms with Gasteiger partial charge in [0.1, 0.15) is 0 Å². The number of imidazole rings is 1. The molecule has 0 saturated heterocycles. The van der Waals surface area contributed by atoms with Crippen molar-refractivity contribution in [3.05, 3.63) is 89.7 Å². The lowest BCUT2D eigenvalue weighted by molar-refractivity contribution is 0.791. The summed E-state index contributed by atoms with van der Waals surface area (Å²) in [6.07, 6.45) is 1.88. The summed E-state index contributed by atoms with van der Waals surface area (Å²) in [5, 5.41) is 6.99. The largest absolute Gasteiger partial charge is 0.317 e. The van der Waals surface area contributed by atoms with E-state index in [1.807, 2.05) is 24.4 Å². The number of hydrazone groups is 1. The minimum atomic E-state index is 0.753. The van der Waals surface area contributed by atoms with Crippen LogP contribution >= 0.6 is 0 Å². The maximum atomic E-state index is 4.67. The van der Waals surface area contributed by atoms with Crippen molar-refractivity contribution in [2.24, 2.45) is 5.10 Å². The molecule has 0 radical (unpaired) electrons. The summed E-state index contributed by atoms with van der Waals surface area (Å²) in [4.78, 5) is 4.67. The second-order valence-electron chi connectivity index (χ2n) is 7.70. The van der Waals surface area contributed by atoms with Crippen LogP contribution in [0.5, 0.6) is 0 Å². The van der Waals surface area contributed by atoms with Gasteiger partial charge in [-0.3, -0.25) is 0 Å². The highest BCUT2D eigenvalue weighted by molar-refractivity contribution is 5.91. The molecule has 0 amide bonds.